The fourth-order valence-electron chi connectivity index (χ4n) is 3.47. The number of carbonyl (C=O) groups is 1. The van der Waals surface area contributed by atoms with Crippen molar-refractivity contribution in [2.45, 2.75) is 18.2 Å². The van der Waals surface area contributed by atoms with Gasteiger partial charge < -0.3 is 4.90 Å². The molecule has 3 heteroatoms. The van der Waals surface area contributed by atoms with Crippen LogP contribution in [0, 0.1) is 6.92 Å². The minimum absolute atomic E-state index is 0.182. The molecule has 4 rings (SSSR count). The van der Waals surface area contributed by atoms with Crippen molar-refractivity contribution >= 4 is 17.7 Å². The lowest BCUT2D eigenvalue weighted by Gasteiger charge is -2.42. The Balaban J connectivity index is 2.02. The average molecular weight is 295 g/mol. The number of amides is 1. The Morgan fingerprint density at radius 3 is 2.76 bits per heavy atom. The van der Waals surface area contributed by atoms with E-state index in [4.69, 9.17) is 0 Å². The van der Waals surface area contributed by atoms with E-state index in [0.29, 0.717) is 0 Å². The third kappa shape index (κ3) is 1.70. The van der Waals surface area contributed by atoms with Crippen molar-refractivity contribution in [3.05, 3.63) is 70.8 Å². The molecule has 0 aliphatic carbocycles. The van der Waals surface area contributed by atoms with Crippen LogP contribution in [0.5, 0.6) is 0 Å². The van der Waals surface area contributed by atoms with E-state index >= 15 is 0 Å². The summed E-state index contributed by atoms with van der Waals surface area (Å²) in [6.07, 6.45) is 1.07. The number of fused-ring (bicyclic) bond motifs is 3. The van der Waals surface area contributed by atoms with Gasteiger partial charge in [-0.2, -0.15) is 0 Å². The van der Waals surface area contributed by atoms with Crippen LogP contribution >= 0.6 is 11.8 Å². The molecule has 2 heterocycles. The zero-order valence-corrected chi connectivity index (χ0v) is 12.8. The summed E-state index contributed by atoms with van der Waals surface area (Å²) >= 11 is 1.89. The highest BCUT2D eigenvalue weighted by Crippen LogP contribution is 2.54. The van der Waals surface area contributed by atoms with E-state index in [1.807, 2.05) is 30.0 Å². The van der Waals surface area contributed by atoms with Gasteiger partial charge in [0.25, 0.3) is 5.91 Å². The third-order valence-corrected chi connectivity index (χ3v) is 5.98. The molecule has 1 fully saturated rings. The van der Waals surface area contributed by atoms with Crippen molar-refractivity contribution in [1.82, 2.24) is 4.90 Å². The maximum atomic E-state index is 12.8. The van der Waals surface area contributed by atoms with Crippen LogP contribution in [0.15, 0.2) is 48.5 Å². The quantitative estimate of drug-likeness (QED) is 0.798. The molecule has 1 unspecified atom stereocenters. The van der Waals surface area contributed by atoms with E-state index in [2.05, 4.69) is 42.2 Å². The van der Waals surface area contributed by atoms with Crippen molar-refractivity contribution in [1.29, 1.82) is 0 Å². The van der Waals surface area contributed by atoms with Gasteiger partial charge in [0.1, 0.15) is 4.87 Å². The zero-order chi connectivity index (χ0) is 14.4. The third-order valence-electron chi connectivity index (χ3n) is 4.40. The molecule has 1 saturated heterocycles. The molecule has 0 radical (unpaired) electrons. The molecular weight excluding hydrogens is 278 g/mol. The normalized spacial score (nSPS) is 23.9. The Hall–Kier alpha value is -1.74. The van der Waals surface area contributed by atoms with Gasteiger partial charge >= 0.3 is 0 Å². The maximum Gasteiger partial charge on any atom is 0.255 e. The molecule has 0 spiro atoms. The molecule has 2 nitrogen and oxygen atoms in total. The van der Waals surface area contributed by atoms with Crippen LogP contribution in [-0.2, 0) is 4.87 Å². The predicted octanol–water partition coefficient (Wildman–Crippen LogP) is 3.79. The number of thioether (sulfide) groups is 1. The molecule has 0 bridgehead atoms. The molecule has 1 atom stereocenters. The SMILES string of the molecule is Cc1ccc2c(c1)C1(c3ccccc3)SCCCN1C2=O. The Bertz CT molecular complexity index is 712. The first-order chi connectivity index (χ1) is 10.2. The second-order valence-corrected chi connectivity index (χ2v) is 7.01. The van der Waals surface area contributed by atoms with E-state index in [1.54, 1.807) is 0 Å². The second-order valence-electron chi connectivity index (χ2n) is 5.72. The van der Waals surface area contributed by atoms with Gasteiger partial charge in [-0.1, -0.05) is 48.0 Å². The maximum absolute atomic E-state index is 12.8. The topological polar surface area (TPSA) is 20.3 Å². The van der Waals surface area contributed by atoms with E-state index in [0.717, 1.165) is 24.3 Å². The van der Waals surface area contributed by atoms with Crippen LogP contribution < -0.4 is 0 Å². The average Bonchev–Trinajstić information content (AvgIpc) is 2.79. The van der Waals surface area contributed by atoms with Crippen LogP contribution in [0.3, 0.4) is 0 Å². The molecule has 2 aromatic carbocycles. The monoisotopic (exact) mass is 295 g/mol. The summed E-state index contributed by atoms with van der Waals surface area (Å²) in [5, 5.41) is 0. The first-order valence-corrected chi connectivity index (χ1v) is 8.34. The van der Waals surface area contributed by atoms with Crippen LogP contribution in [0.4, 0.5) is 0 Å². The van der Waals surface area contributed by atoms with Gasteiger partial charge in [0, 0.05) is 17.7 Å². The number of hydrogen-bond donors (Lipinski definition) is 0. The Labute approximate surface area is 129 Å². The zero-order valence-electron chi connectivity index (χ0n) is 12.0. The van der Waals surface area contributed by atoms with Gasteiger partial charge in [-0.05, 0) is 30.7 Å². The number of carbonyl (C=O) groups excluding carboxylic acids is 1. The number of aryl methyl sites for hydroxylation is 1. The molecule has 1 amide bonds. The summed E-state index contributed by atoms with van der Waals surface area (Å²) in [4.78, 5) is 14.6. The van der Waals surface area contributed by atoms with Gasteiger partial charge in [0.15, 0.2) is 0 Å². The van der Waals surface area contributed by atoms with E-state index in [1.165, 1.54) is 16.7 Å². The summed E-state index contributed by atoms with van der Waals surface area (Å²) < 4.78 is 0. The van der Waals surface area contributed by atoms with Crippen molar-refractivity contribution in [3.63, 3.8) is 0 Å². The molecular formula is C18H17NOS. The highest BCUT2D eigenvalue weighted by Gasteiger charge is 2.52. The summed E-state index contributed by atoms with van der Waals surface area (Å²) in [6.45, 7) is 2.94. The van der Waals surface area contributed by atoms with Gasteiger partial charge in [-0.15, -0.1) is 11.8 Å². The number of rotatable bonds is 1. The van der Waals surface area contributed by atoms with E-state index < -0.39 is 0 Å². The van der Waals surface area contributed by atoms with Crippen molar-refractivity contribution in [2.24, 2.45) is 0 Å². The summed E-state index contributed by atoms with van der Waals surface area (Å²) in [5.41, 5.74) is 4.47. The highest BCUT2D eigenvalue weighted by molar-refractivity contribution is 8.00. The molecule has 21 heavy (non-hydrogen) atoms. The minimum atomic E-state index is -0.321. The molecule has 2 aromatic rings. The van der Waals surface area contributed by atoms with Crippen molar-refractivity contribution in [3.8, 4) is 0 Å². The van der Waals surface area contributed by atoms with Crippen LogP contribution in [-0.4, -0.2) is 23.1 Å². The van der Waals surface area contributed by atoms with E-state index in [-0.39, 0.29) is 10.8 Å². The first-order valence-electron chi connectivity index (χ1n) is 7.36. The Morgan fingerprint density at radius 1 is 1.14 bits per heavy atom. The number of hydrogen-bond acceptors (Lipinski definition) is 2. The summed E-state index contributed by atoms with van der Waals surface area (Å²) in [5.74, 6) is 1.27. The summed E-state index contributed by atoms with van der Waals surface area (Å²) in [6, 6.07) is 16.7. The molecule has 106 valence electrons. The van der Waals surface area contributed by atoms with Crippen LogP contribution in [0.1, 0.15) is 33.5 Å². The lowest BCUT2D eigenvalue weighted by Crippen LogP contribution is -2.46. The van der Waals surface area contributed by atoms with Gasteiger partial charge in [0.05, 0.1) is 0 Å². The van der Waals surface area contributed by atoms with Crippen molar-refractivity contribution < 1.29 is 4.79 Å². The highest BCUT2D eigenvalue weighted by atomic mass is 32.2. The number of benzene rings is 2. The first kappa shape index (κ1) is 13.0. The fourth-order valence-corrected chi connectivity index (χ4v) is 5.00. The molecule has 0 saturated carbocycles. The van der Waals surface area contributed by atoms with Gasteiger partial charge in [0.2, 0.25) is 0 Å². The van der Waals surface area contributed by atoms with Gasteiger partial charge in [-0.3, -0.25) is 4.79 Å². The van der Waals surface area contributed by atoms with Crippen LogP contribution in [0.25, 0.3) is 0 Å². The molecule has 2 aliphatic heterocycles. The Kier molecular flexibility index (Phi) is 2.86. The smallest absolute Gasteiger partial charge is 0.255 e. The molecule has 0 aromatic heterocycles. The standard InChI is InChI=1S/C18H17NOS/c1-13-8-9-15-16(12-13)18(14-6-3-2-4-7-14)19(17(15)20)10-5-11-21-18/h2-4,6-9,12H,5,10-11H2,1H3. The lowest BCUT2D eigenvalue weighted by atomic mass is 9.95. The lowest BCUT2D eigenvalue weighted by molar-refractivity contribution is 0.0716. The fraction of sp³-hybridized carbons (Fsp3) is 0.278. The predicted molar refractivity (Wildman–Crippen MR) is 86.5 cm³/mol. The van der Waals surface area contributed by atoms with E-state index in [9.17, 15) is 4.79 Å². The molecule has 2 aliphatic rings. The van der Waals surface area contributed by atoms with Gasteiger partial charge in [-0.25, -0.2) is 0 Å². The summed E-state index contributed by atoms with van der Waals surface area (Å²) in [7, 11) is 0. The second kappa shape index (κ2) is 4.63. The molecule has 0 N–H and O–H groups in total. The number of nitrogens with zero attached hydrogens (tertiary/aromatic N) is 1. The van der Waals surface area contributed by atoms with Crippen molar-refractivity contribution in [2.75, 3.05) is 12.3 Å². The largest absolute Gasteiger partial charge is 0.316 e. The minimum Gasteiger partial charge on any atom is -0.316 e. The van der Waals surface area contributed by atoms with Crippen LogP contribution in [0.2, 0.25) is 0 Å². The Morgan fingerprint density at radius 2 is 1.95 bits per heavy atom.